The summed E-state index contributed by atoms with van der Waals surface area (Å²) in [6.07, 6.45) is 3.93. The summed E-state index contributed by atoms with van der Waals surface area (Å²) >= 11 is 0. The molecule has 2 heterocycles. The van der Waals surface area contributed by atoms with Crippen LogP contribution in [-0.4, -0.2) is 26.2 Å². The van der Waals surface area contributed by atoms with Crippen molar-refractivity contribution >= 4 is 21.4 Å². The molecule has 1 aliphatic rings. The van der Waals surface area contributed by atoms with Gasteiger partial charge >= 0.3 is 0 Å². The van der Waals surface area contributed by atoms with E-state index in [0.717, 1.165) is 23.2 Å². The van der Waals surface area contributed by atoms with E-state index in [2.05, 4.69) is 9.71 Å². The molecule has 2 aromatic rings. The quantitative estimate of drug-likeness (QED) is 0.933. The van der Waals surface area contributed by atoms with Gasteiger partial charge in [-0.25, -0.2) is 12.8 Å². The molecule has 0 saturated heterocycles. The molecular formula is C16H18FN3O2S. The van der Waals surface area contributed by atoms with Gasteiger partial charge in [-0.15, -0.1) is 0 Å². The van der Waals surface area contributed by atoms with Crippen molar-refractivity contribution in [3.8, 4) is 0 Å². The van der Waals surface area contributed by atoms with Gasteiger partial charge in [-0.1, -0.05) is 6.07 Å². The lowest BCUT2D eigenvalue weighted by Gasteiger charge is -2.23. The molecular weight excluding hydrogens is 317 g/mol. The Morgan fingerprint density at radius 3 is 2.87 bits per heavy atom. The highest BCUT2D eigenvalue weighted by Crippen LogP contribution is 2.39. The van der Waals surface area contributed by atoms with Crippen LogP contribution in [0.2, 0.25) is 0 Å². The smallest absolute Gasteiger partial charge is 0.232 e. The van der Waals surface area contributed by atoms with Crippen LogP contribution < -0.4 is 9.62 Å². The van der Waals surface area contributed by atoms with Crippen molar-refractivity contribution < 1.29 is 12.8 Å². The van der Waals surface area contributed by atoms with E-state index in [9.17, 15) is 12.8 Å². The number of rotatable bonds is 4. The van der Waals surface area contributed by atoms with Crippen molar-refractivity contribution in [2.24, 2.45) is 0 Å². The summed E-state index contributed by atoms with van der Waals surface area (Å²) in [4.78, 5) is 6.13. The van der Waals surface area contributed by atoms with E-state index in [1.807, 2.05) is 11.9 Å². The number of anilines is 2. The molecule has 7 heteroatoms. The van der Waals surface area contributed by atoms with Gasteiger partial charge in [0.25, 0.3) is 0 Å². The lowest BCUT2D eigenvalue weighted by molar-refractivity contribution is 0.602. The van der Waals surface area contributed by atoms with E-state index in [1.165, 1.54) is 18.3 Å². The fourth-order valence-electron chi connectivity index (χ4n) is 2.84. The van der Waals surface area contributed by atoms with E-state index in [1.54, 1.807) is 25.3 Å². The molecule has 0 radical (unpaired) electrons. The van der Waals surface area contributed by atoms with Gasteiger partial charge in [-0.05, 0) is 42.7 Å². The van der Waals surface area contributed by atoms with E-state index >= 15 is 0 Å². The number of nitrogens with zero attached hydrogens (tertiary/aromatic N) is 2. The van der Waals surface area contributed by atoms with Crippen LogP contribution in [0.15, 0.2) is 36.7 Å². The van der Waals surface area contributed by atoms with Crippen molar-refractivity contribution in [1.82, 2.24) is 4.98 Å². The molecule has 0 aliphatic carbocycles. The number of benzene rings is 1. The standard InChI is InChI=1S/C16H18FN3O2S/c1-3-23(21,22)19-14-6-12(9-18-10-14)15-7-11-4-5-13(17)8-16(11)20(15)2/h4-6,8-10,15,19H,3,7H2,1-2H3. The number of hydrogen-bond donors (Lipinski definition) is 1. The minimum absolute atomic E-state index is 0.00498. The first-order valence-electron chi connectivity index (χ1n) is 7.36. The molecule has 1 aliphatic heterocycles. The Hall–Kier alpha value is -2.15. The summed E-state index contributed by atoms with van der Waals surface area (Å²) in [5, 5.41) is 0. The van der Waals surface area contributed by atoms with Gasteiger partial charge in [0.15, 0.2) is 0 Å². The Morgan fingerprint density at radius 2 is 2.13 bits per heavy atom. The minimum Gasteiger partial charge on any atom is -0.367 e. The second-order valence-electron chi connectivity index (χ2n) is 5.62. The zero-order valence-corrected chi connectivity index (χ0v) is 13.8. The van der Waals surface area contributed by atoms with Gasteiger partial charge in [0.05, 0.1) is 23.7 Å². The summed E-state index contributed by atoms with van der Waals surface area (Å²) in [6, 6.07) is 6.55. The van der Waals surface area contributed by atoms with E-state index < -0.39 is 10.0 Å². The predicted octanol–water partition coefficient (Wildman–Crippen LogP) is 2.72. The molecule has 3 rings (SSSR count). The van der Waals surface area contributed by atoms with Gasteiger partial charge in [0.2, 0.25) is 10.0 Å². The summed E-state index contributed by atoms with van der Waals surface area (Å²) in [6.45, 7) is 1.58. The fourth-order valence-corrected chi connectivity index (χ4v) is 3.46. The molecule has 23 heavy (non-hydrogen) atoms. The molecule has 0 amide bonds. The first-order valence-corrected chi connectivity index (χ1v) is 9.01. The van der Waals surface area contributed by atoms with Crippen molar-refractivity contribution in [3.63, 3.8) is 0 Å². The number of fused-ring (bicyclic) bond motifs is 1. The molecule has 0 spiro atoms. The molecule has 5 nitrogen and oxygen atoms in total. The number of hydrogen-bond acceptors (Lipinski definition) is 4. The maximum absolute atomic E-state index is 13.4. The lowest BCUT2D eigenvalue weighted by Crippen LogP contribution is -2.20. The van der Waals surface area contributed by atoms with E-state index in [-0.39, 0.29) is 17.6 Å². The second-order valence-corrected chi connectivity index (χ2v) is 7.63. The van der Waals surface area contributed by atoms with Crippen LogP contribution in [0.5, 0.6) is 0 Å². The lowest BCUT2D eigenvalue weighted by atomic mass is 10.0. The zero-order valence-electron chi connectivity index (χ0n) is 13.0. The Kier molecular flexibility index (Phi) is 3.97. The number of pyridine rings is 1. The van der Waals surface area contributed by atoms with Crippen molar-refractivity contribution in [3.05, 3.63) is 53.6 Å². The highest BCUT2D eigenvalue weighted by molar-refractivity contribution is 7.92. The van der Waals surface area contributed by atoms with Crippen molar-refractivity contribution in [1.29, 1.82) is 0 Å². The Bertz CT molecular complexity index is 839. The highest BCUT2D eigenvalue weighted by Gasteiger charge is 2.28. The Balaban J connectivity index is 1.89. The SMILES string of the molecule is CCS(=O)(=O)Nc1cncc(C2Cc3ccc(F)cc3N2C)c1. The minimum atomic E-state index is -3.34. The first-order chi connectivity index (χ1) is 10.9. The summed E-state index contributed by atoms with van der Waals surface area (Å²) in [5.74, 6) is -0.260. The van der Waals surface area contributed by atoms with Crippen LogP contribution in [0.4, 0.5) is 15.8 Å². The van der Waals surface area contributed by atoms with Gasteiger partial charge in [0, 0.05) is 18.9 Å². The molecule has 122 valence electrons. The highest BCUT2D eigenvalue weighted by atomic mass is 32.2. The normalized spacial score (nSPS) is 17.2. The molecule has 1 aromatic carbocycles. The Labute approximate surface area is 135 Å². The summed E-state index contributed by atoms with van der Waals surface area (Å²) in [7, 11) is -1.44. The fraction of sp³-hybridized carbons (Fsp3) is 0.312. The maximum Gasteiger partial charge on any atom is 0.232 e. The van der Waals surface area contributed by atoms with Crippen LogP contribution >= 0.6 is 0 Å². The zero-order chi connectivity index (χ0) is 16.6. The largest absolute Gasteiger partial charge is 0.367 e. The van der Waals surface area contributed by atoms with Crippen molar-refractivity contribution in [2.45, 2.75) is 19.4 Å². The molecule has 1 N–H and O–H groups in total. The molecule has 0 saturated carbocycles. The first kappa shape index (κ1) is 15.7. The maximum atomic E-state index is 13.4. The van der Waals surface area contributed by atoms with Gasteiger partial charge in [-0.3, -0.25) is 9.71 Å². The van der Waals surface area contributed by atoms with E-state index in [0.29, 0.717) is 5.69 Å². The van der Waals surface area contributed by atoms with Crippen LogP contribution in [-0.2, 0) is 16.4 Å². The molecule has 0 bridgehead atoms. The number of nitrogens with one attached hydrogen (secondary N) is 1. The van der Waals surface area contributed by atoms with Crippen LogP contribution in [0.25, 0.3) is 0 Å². The summed E-state index contributed by atoms with van der Waals surface area (Å²) in [5.41, 5.74) is 3.26. The predicted molar refractivity (Wildman–Crippen MR) is 88.6 cm³/mol. The van der Waals surface area contributed by atoms with E-state index in [4.69, 9.17) is 0 Å². The third-order valence-electron chi connectivity index (χ3n) is 4.11. The number of sulfonamides is 1. The van der Waals surface area contributed by atoms with Gasteiger partial charge in [0.1, 0.15) is 5.82 Å². The number of aromatic nitrogens is 1. The van der Waals surface area contributed by atoms with Gasteiger partial charge in [-0.2, -0.15) is 0 Å². The van der Waals surface area contributed by atoms with Crippen LogP contribution in [0.3, 0.4) is 0 Å². The average molecular weight is 335 g/mol. The monoisotopic (exact) mass is 335 g/mol. The average Bonchev–Trinajstić information content (AvgIpc) is 2.84. The van der Waals surface area contributed by atoms with Gasteiger partial charge < -0.3 is 4.90 Å². The topological polar surface area (TPSA) is 62.3 Å². The summed E-state index contributed by atoms with van der Waals surface area (Å²) < 4.78 is 39.3. The van der Waals surface area contributed by atoms with Crippen LogP contribution in [0, 0.1) is 5.82 Å². The molecule has 1 unspecified atom stereocenters. The number of halogens is 1. The second kappa shape index (κ2) is 5.81. The van der Waals surface area contributed by atoms with Crippen molar-refractivity contribution in [2.75, 3.05) is 22.4 Å². The van der Waals surface area contributed by atoms with Crippen LogP contribution in [0.1, 0.15) is 24.1 Å². The molecule has 1 atom stereocenters. The third kappa shape index (κ3) is 3.14. The number of likely N-dealkylation sites (N-methyl/N-ethyl adjacent to an activating group) is 1. The molecule has 0 fully saturated rings. The third-order valence-corrected chi connectivity index (χ3v) is 5.41. The molecule has 1 aromatic heterocycles. The Morgan fingerprint density at radius 1 is 1.35 bits per heavy atom.